The fourth-order valence-corrected chi connectivity index (χ4v) is 3.36. The van der Waals surface area contributed by atoms with Crippen molar-refractivity contribution in [2.75, 3.05) is 6.61 Å². The topological polar surface area (TPSA) is 29.5 Å². The summed E-state index contributed by atoms with van der Waals surface area (Å²) in [4.78, 5) is 15.0. The average molecular weight is 337 g/mol. The van der Waals surface area contributed by atoms with E-state index < -0.39 is 0 Å². The molecule has 0 aromatic heterocycles. The predicted octanol–water partition coefficient (Wildman–Crippen LogP) is 4.22. The number of carbonyl (C=O) groups excluding carboxylic acids is 1. The van der Waals surface area contributed by atoms with Crippen molar-refractivity contribution < 1.29 is 9.53 Å². The van der Waals surface area contributed by atoms with Gasteiger partial charge in [-0.3, -0.25) is 4.79 Å². The Balaban J connectivity index is 1.68. The highest BCUT2D eigenvalue weighted by Crippen LogP contribution is 2.20. The molecule has 2 aromatic carbocycles. The maximum absolute atomic E-state index is 13.0. The van der Waals surface area contributed by atoms with Crippen molar-refractivity contribution in [1.82, 2.24) is 4.90 Å². The molecule has 1 aliphatic heterocycles. The van der Waals surface area contributed by atoms with Crippen molar-refractivity contribution in [2.24, 2.45) is 0 Å². The zero-order valence-corrected chi connectivity index (χ0v) is 14.9. The van der Waals surface area contributed by atoms with Crippen LogP contribution in [-0.2, 0) is 22.5 Å². The van der Waals surface area contributed by atoms with Gasteiger partial charge in [0.2, 0.25) is 0 Å². The predicted molar refractivity (Wildman–Crippen MR) is 100 cm³/mol. The van der Waals surface area contributed by atoms with E-state index in [0.717, 1.165) is 25.7 Å². The molecule has 3 nitrogen and oxygen atoms in total. The maximum Gasteiger partial charge on any atom is 0.252 e. The molecule has 3 heteroatoms. The third kappa shape index (κ3) is 4.93. The highest BCUT2D eigenvalue weighted by molar-refractivity contribution is 5.81. The minimum Gasteiger partial charge on any atom is -0.368 e. The first-order chi connectivity index (χ1) is 12.2. The molecule has 1 amide bonds. The van der Waals surface area contributed by atoms with Gasteiger partial charge < -0.3 is 9.64 Å². The molecule has 2 atom stereocenters. The Morgan fingerprint density at radius 3 is 2.32 bits per heavy atom. The average Bonchev–Trinajstić information content (AvgIpc) is 3.20. The summed E-state index contributed by atoms with van der Waals surface area (Å²) < 4.78 is 5.66. The van der Waals surface area contributed by atoms with E-state index in [-0.39, 0.29) is 18.1 Å². The molecular formula is C22H27NO2. The Hall–Kier alpha value is -2.13. The second-order valence-corrected chi connectivity index (χ2v) is 6.83. The molecule has 2 aromatic rings. The van der Waals surface area contributed by atoms with Crippen molar-refractivity contribution in [3.63, 3.8) is 0 Å². The Labute approximate surface area is 150 Å². The molecule has 0 aliphatic carbocycles. The number of hydrogen-bond acceptors (Lipinski definition) is 2. The molecule has 132 valence electrons. The summed E-state index contributed by atoms with van der Waals surface area (Å²) in [5.41, 5.74) is 2.49. The molecule has 0 saturated carbocycles. The molecule has 1 heterocycles. The van der Waals surface area contributed by atoms with Gasteiger partial charge >= 0.3 is 0 Å². The zero-order valence-electron chi connectivity index (χ0n) is 14.9. The van der Waals surface area contributed by atoms with Crippen LogP contribution in [0.15, 0.2) is 60.7 Å². The number of carbonyl (C=O) groups is 1. The Morgan fingerprint density at radius 2 is 1.72 bits per heavy atom. The van der Waals surface area contributed by atoms with Gasteiger partial charge in [0.1, 0.15) is 6.10 Å². The third-order valence-corrected chi connectivity index (χ3v) is 4.91. The van der Waals surface area contributed by atoms with Gasteiger partial charge in [-0.1, -0.05) is 60.7 Å². The van der Waals surface area contributed by atoms with Crippen LogP contribution < -0.4 is 0 Å². The lowest BCUT2D eigenvalue weighted by molar-refractivity contribution is -0.143. The van der Waals surface area contributed by atoms with Crippen molar-refractivity contribution in [2.45, 2.75) is 51.3 Å². The van der Waals surface area contributed by atoms with Gasteiger partial charge in [-0.2, -0.15) is 0 Å². The van der Waals surface area contributed by atoms with Crippen LogP contribution >= 0.6 is 0 Å². The summed E-state index contributed by atoms with van der Waals surface area (Å²) in [6.07, 6.45) is 3.49. The smallest absolute Gasteiger partial charge is 0.252 e. The van der Waals surface area contributed by atoms with E-state index in [1.54, 1.807) is 0 Å². The lowest BCUT2D eigenvalue weighted by Gasteiger charge is -2.31. The number of amides is 1. The summed E-state index contributed by atoms with van der Waals surface area (Å²) in [6, 6.07) is 20.9. The number of rotatable bonds is 7. The van der Waals surface area contributed by atoms with Gasteiger partial charge in [0.15, 0.2) is 0 Å². The van der Waals surface area contributed by atoms with Crippen LogP contribution in [0.2, 0.25) is 0 Å². The lowest BCUT2D eigenvalue weighted by Crippen LogP contribution is -2.44. The third-order valence-electron chi connectivity index (χ3n) is 4.91. The lowest BCUT2D eigenvalue weighted by atomic mass is 10.0. The van der Waals surface area contributed by atoms with E-state index in [1.165, 1.54) is 11.1 Å². The Morgan fingerprint density at radius 1 is 1.08 bits per heavy atom. The summed E-state index contributed by atoms with van der Waals surface area (Å²) in [6.45, 7) is 3.50. The van der Waals surface area contributed by atoms with Crippen molar-refractivity contribution in [3.8, 4) is 0 Å². The standard InChI is InChI=1S/C22H27NO2/c1-18(14-15-19-9-4-2-5-10-19)23(17-20-11-6-3-7-12-20)22(24)21-13-8-16-25-21/h2-7,9-12,18,21H,8,13-17H2,1H3/t18-,21+/m1/s1. The molecule has 1 saturated heterocycles. The monoisotopic (exact) mass is 337 g/mol. The number of nitrogens with zero attached hydrogens (tertiary/aromatic N) is 1. The first kappa shape index (κ1) is 17.7. The van der Waals surface area contributed by atoms with Crippen molar-refractivity contribution in [1.29, 1.82) is 0 Å². The van der Waals surface area contributed by atoms with Crippen LogP contribution in [0.4, 0.5) is 0 Å². The van der Waals surface area contributed by atoms with E-state index >= 15 is 0 Å². The van der Waals surface area contributed by atoms with Gasteiger partial charge in [-0.05, 0) is 43.7 Å². The second-order valence-electron chi connectivity index (χ2n) is 6.83. The van der Waals surface area contributed by atoms with E-state index in [1.807, 2.05) is 29.2 Å². The van der Waals surface area contributed by atoms with Gasteiger partial charge in [-0.15, -0.1) is 0 Å². The molecule has 25 heavy (non-hydrogen) atoms. The highest BCUT2D eigenvalue weighted by atomic mass is 16.5. The summed E-state index contributed by atoms with van der Waals surface area (Å²) in [5.74, 6) is 0.141. The SMILES string of the molecule is C[C@H](CCc1ccccc1)N(Cc1ccccc1)C(=O)[C@@H]1CCCO1. The molecular weight excluding hydrogens is 310 g/mol. The van der Waals surface area contributed by atoms with E-state index in [0.29, 0.717) is 13.2 Å². The quantitative estimate of drug-likeness (QED) is 0.757. The maximum atomic E-state index is 13.0. The van der Waals surface area contributed by atoms with Crippen LogP contribution in [0, 0.1) is 0 Å². The highest BCUT2D eigenvalue weighted by Gasteiger charge is 2.30. The summed E-state index contributed by atoms with van der Waals surface area (Å²) in [7, 11) is 0. The number of benzene rings is 2. The van der Waals surface area contributed by atoms with Gasteiger partial charge in [-0.25, -0.2) is 0 Å². The van der Waals surface area contributed by atoms with E-state index in [4.69, 9.17) is 4.74 Å². The normalized spacial score (nSPS) is 18.0. The van der Waals surface area contributed by atoms with Crippen LogP contribution in [0.1, 0.15) is 37.3 Å². The zero-order chi connectivity index (χ0) is 17.5. The van der Waals surface area contributed by atoms with Gasteiger partial charge in [0, 0.05) is 19.2 Å². The van der Waals surface area contributed by atoms with Crippen LogP contribution in [0.5, 0.6) is 0 Å². The molecule has 3 rings (SSSR count). The number of aryl methyl sites for hydroxylation is 1. The van der Waals surface area contributed by atoms with E-state index in [9.17, 15) is 4.79 Å². The fraction of sp³-hybridized carbons (Fsp3) is 0.409. The first-order valence-corrected chi connectivity index (χ1v) is 9.24. The minimum absolute atomic E-state index is 0.141. The molecule has 0 radical (unpaired) electrons. The van der Waals surface area contributed by atoms with Gasteiger partial charge in [0.25, 0.3) is 5.91 Å². The molecule has 1 fully saturated rings. The number of ether oxygens (including phenoxy) is 1. The first-order valence-electron chi connectivity index (χ1n) is 9.24. The summed E-state index contributed by atoms with van der Waals surface area (Å²) >= 11 is 0. The Bertz CT molecular complexity index is 650. The largest absolute Gasteiger partial charge is 0.368 e. The van der Waals surface area contributed by atoms with Crippen LogP contribution in [0.3, 0.4) is 0 Å². The van der Waals surface area contributed by atoms with Crippen LogP contribution in [0.25, 0.3) is 0 Å². The molecule has 0 N–H and O–H groups in total. The van der Waals surface area contributed by atoms with Crippen LogP contribution in [-0.4, -0.2) is 29.6 Å². The summed E-state index contributed by atoms with van der Waals surface area (Å²) in [5, 5.41) is 0. The minimum atomic E-state index is -0.261. The molecule has 1 aliphatic rings. The van der Waals surface area contributed by atoms with Crippen molar-refractivity contribution in [3.05, 3.63) is 71.8 Å². The molecule has 0 spiro atoms. The van der Waals surface area contributed by atoms with E-state index in [2.05, 4.69) is 43.3 Å². The Kier molecular flexibility index (Phi) is 6.24. The molecule has 0 bridgehead atoms. The second kappa shape index (κ2) is 8.82. The number of hydrogen-bond donors (Lipinski definition) is 0. The molecule has 0 unspecified atom stereocenters. The fourth-order valence-electron chi connectivity index (χ4n) is 3.36. The van der Waals surface area contributed by atoms with Gasteiger partial charge in [0.05, 0.1) is 0 Å². The van der Waals surface area contributed by atoms with Crippen molar-refractivity contribution >= 4 is 5.91 Å².